The maximum Gasteiger partial charge on any atom is 0.191 e. The minimum absolute atomic E-state index is 0. The molecule has 2 aromatic carbocycles. The molecule has 0 aliphatic rings. The highest BCUT2D eigenvalue weighted by Gasteiger charge is 2.02. The van der Waals surface area contributed by atoms with Crippen molar-refractivity contribution in [2.24, 2.45) is 4.99 Å². The molecule has 124 valence electrons. The molecule has 0 radical (unpaired) electrons. The molecule has 0 aliphatic carbocycles. The maximum atomic E-state index is 13.2. The van der Waals surface area contributed by atoms with E-state index in [2.05, 4.69) is 40.7 Å². The summed E-state index contributed by atoms with van der Waals surface area (Å²) in [6, 6.07) is 14.9. The molecule has 0 bridgehead atoms. The van der Waals surface area contributed by atoms with Crippen molar-refractivity contribution >= 4 is 29.9 Å². The third kappa shape index (κ3) is 6.17. The number of rotatable bonds is 5. The van der Waals surface area contributed by atoms with Crippen molar-refractivity contribution in [2.75, 3.05) is 7.05 Å². The molecule has 0 unspecified atom stereocenters. The predicted octanol–water partition coefficient (Wildman–Crippen LogP) is 3.87. The van der Waals surface area contributed by atoms with Crippen molar-refractivity contribution < 1.29 is 4.39 Å². The van der Waals surface area contributed by atoms with Crippen molar-refractivity contribution in [3.63, 3.8) is 0 Å². The smallest absolute Gasteiger partial charge is 0.191 e. The van der Waals surface area contributed by atoms with E-state index in [4.69, 9.17) is 0 Å². The van der Waals surface area contributed by atoms with Gasteiger partial charge < -0.3 is 10.6 Å². The Labute approximate surface area is 154 Å². The van der Waals surface area contributed by atoms with Crippen LogP contribution in [0.15, 0.2) is 53.5 Å². The zero-order valence-corrected chi connectivity index (χ0v) is 15.8. The van der Waals surface area contributed by atoms with Crippen LogP contribution in [0.3, 0.4) is 0 Å². The van der Waals surface area contributed by atoms with Gasteiger partial charge in [-0.3, -0.25) is 4.99 Å². The molecule has 0 atom stereocenters. The third-order valence-electron chi connectivity index (χ3n) is 3.52. The Balaban J connectivity index is 0.00000264. The van der Waals surface area contributed by atoms with Crippen LogP contribution in [0.5, 0.6) is 0 Å². The second kappa shape index (κ2) is 10.2. The molecule has 0 heterocycles. The van der Waals surface area contributed by atoms with Gasteiger partial charge in [-0.05, 0) is 35.2 Å². The molecular weight excluding hydrogens is 404 g/mol. The Bertz CT molecular complexity index is 644. The number of benzene rings is 2. The second-order valence-corrected chi connectivity index (χ2v) is 5.03. The summed E-state index contributed by atoms with van der Waals surface area (Å²) in [4.78, 5) is 4.20. The Morgan fingerprint density at radius 2 is 1.70 bits per heavy atom. The van der Waals surface area contributed by atoms with Gasteiger partial charge in [-0.25, -0.2) is 4.39 Å². The van der Waals surface area contributed by atoms with Gasteiger partial charge in [0.15, 0.2) is 5.96 Å². The van der Waals surface area contributed by atoms with E-state index in [1.54, 1.807) is 13.1 Å². The van der Waals surface area contributed by atoms with Gasteiger partial charge in [-0.1, -0.05) is 43.3 Å². The van der Waals surface area contributed by atoms with E-state index in [9.17, 15) is 4.39 Å². The summed E-state index contributed by atoms with van der Waals surface area (Å²) in [6.45, 7) is 3.40. The first-order valence-electron chi connectivity index (χ1n) is 7.48. The average molecular weight is 427 g/mol. The third-order valence-corrected chi connectivity index (χ3v) is 3.52. The second-order valence-electron chi connectivity index (χ2n) is 5.03. The van der Waals surface area contributed by atoms with Gasteiger partial charge in [0.1, 0.15) is 5.82 Å². The van der Waals surface area contributed by atoms with E-state index in [0.29, 0.717) is 19.0 Å². The van der Waals surface area contributed by atoms with E-state index < -0.39 is 0 Å². The van der Waals surface area contributed by atoms with Crippen molar-refractivity contribution in [3.8, 4) is 0 Å². The van der Waals surface area contributed by atoms with Gasteiger partial charge >= 0.3 is 0 Å². The summed E-state index contributed by atoms with van der Waals surface area (Å²) in [5, 5.41) is 6.48. The highest BCUT2D eigenvalue weighted by atomic mass is 127. The molecule has 2 aromatic rings. The molecule has 5 heteroatoms. The van der Waals surface area contributed by atoms with Crippen LogP contribution in [0.1, 0.15) is 23.6 Å². The van der Waals surface area contributed by atoms with E-state index in [-0.39, 0.29) is 29.8 Å². The van der Waals surface area contributed by atoms with Crippen LogP contribution < -0.4 is 10.6 Å². The predicted molar refractivity (Wildman–Crippen MR) is 105 cm³/mol. The van der Waals surface area contributed by atoms with Crippen LogP contribution in [0, 0.1) is 5.82 Å². The molecule has 0 saturated carbocycles. The Kier molecular flexibility index (Phi) is 8.61. The number of hydrogen-bond acceptors (Lipinski definition) is 1. The molecule has 0 amide bonds. The van der Waals surface area contributed by atoms with E-state index in [1.807, 2.05) is 12.1 Å². The quantitative estimate of drug-likeness (QED) is 0.432. The van der Waals surface area contributed by atoms with E-state index in [0.717, 1.165) is 12.0 Å². The minimum Gasteiger partial charge on any atom is -0.352 e. The number of hydrogen-bond donors (Lipinski definition) is 2. The fraction of sp³-hybridized carbons (Fsp3) is 0.278. The molecule has 0 fully saturated rings. The first kappa shape index (κ1) is 19.4. The van der Waals surface area contributed by atoms with Crippen LogP contribution in [0.2, 0.25) is 0 Å². The molecule has 2 rings (SSSR count). The number of halogens is 2. The summed E-state index contributed by atoms with van der Waals surface area (Å²) >= 11 is 0. The van der Waals surface area contributed by atoms with E-state index >= 15 is 0 Å². The van der Waals surface area contributed by atoms with Crippen molar-refractivity contribution in [3.05, 3.63) is 71.0 Å². The van der Waals surface area contributed by atoms with Crippen LogP contribution in [0.4, 0.5) is 4.39 Å². The molecule has 0 saturated heterocycles. The SMILES string of the molecule is CCc1ccccc1CNC(=NC)NCc1cccc(F)c1.I. The van der Waals surface area contributed by atoms with Crippen LogP contribution in [0.25, 0.3) is 0 Å². The monoisotopic (exact) mass is 427 g/mol. The van der Waals surface area contributed by atoms with Gasteiger partial charge in [0.2, 0.25) is 0 Å². The number of nitrogens with zero attached hydrogens (tertiary/aromatic N) is 1. The largest absolute Gasteiger partial charge is 0.352 e. The van der Waals surface area contributed by atoms with E-state index in [1.165, 1.54) is 23.3 Å². The van der Waals surface area contributed by atoms with Gasteiger partial charge in [-0.15, -0.1) is 24.0 Å². The summed E-state index contributed by atoms with van der Waals surface area (Å²) in [6.07, 6.45) is 1.01. The lowest BCUT2D eigenvalue weighted by Gasteiger charge is -2.14. The van der Waals surface area contributed by atoms with Crippen molar-refractivity contribution in [1.82, 2.24) is 10.6 Å². The summed E-state index contributed by atoms with van der Waals surface area (Å²) in [7, 11) is 1.73. The fourth-order valence-corrected chi connectivity index (χ4v) is 2.31. The molecule has 2 N–H and O–H groups in total. The number of aryl methyl sites for hydroxylation is 1. The minimum atomic E-state index is -0.223. The highest BCUT2D eigenvalue weighted by Crippen LogP contribution is 2.09. The molecule has 0 aromatic heterocycles. The van der Waals surface area contributed by atoms with Crippen molar-refractivity contribution in [2.45, 2.75) is 26.4 Å². The molecular formula is C18H23FIN3. The van der Waals surface area contributed by atoms with Crippen LogP contribution in [-0.2, 0) is 19.5 Å². The Hall–Kier alpha value is -1.63. The summed E-state index contributed by atoms with van der Waals surface area (Å²) in [5.41, 5.74) is 3.48. The summed E-state index contributed by atoms with van der Waals surface area (Å²) in [5.74, 6) is 0.481. The summed E-state index contributed by atoms with van der Waals surface area (Å²) < 4.78 is 13.2. The lowest BCUT2D eigenvalue weighted by Crippen LogP contribution is -2.36. The topological polar surface area (TPSA) is 36.4 Å². The van der Waals surface area contributed by atoms with Gasteiger partial charge in [0.05, 0.1) is 0 Å². The van der Waals surface area contributed by atoms with Gasteiger partial charge in [0, 0.05) is 20.1 Å². The average Bonchev–Trinajstić information content (AvgIpc) is 2.55. The zero-order valence-electron chi connectivity index (χ0n) is 13.5. The lowest BCUT2D eigenvalue weighted by molar-refractivity contribution is 0.624. The highest BCUT2D eigenvalue weighted by molar-refractivity contribution is 14.0. The molecule has 3 nitrogen and oxygen atoms in total. The van der Waals surface area contributed by atoms with Gasteiger partial charge in [0.25, 0.3) is 0 Å². The zero-order chi connectivity index (χ0) is 15.8. The van der Waals surface area contributed by atoms with Crippen molar-refractivity contribution in [1.29, 1.82) is 0 Å². The van der Waals surface area contributed by atoms with Crippen LogP contribution in [-0.4, -0.2) is 13.0 Å². The molecule has 0 aliphatic heterocycles. The number of guanidine groups is 1. The standard InChI is InChI=1S/C18H22FN3.HI/c1-3-15-8-4-5-9-16(15)13-22-18(20-2)21-12-14-7-6-10-17(19)11-14;/h4-11H,3,12-13H2,1-2H3,(H2,20,21,22);1H. The molecule has 23 heavy (non-hydrogen) atoms. The maximum absolute atomic E-state index is 13.2. The Morgan fingerprint density at radius 3 is 2.35 bits per heavy atom. The Morgan fingerprint density at radius 1 is 1.00 bits per heavy atom. The normalized spacial score (nSPS) is 10.8. The van der Waals surface area contributed by atoms with Crippen LogP contribution >= 0.6 is 24.0 Å². The number of nitrogens with one attached hydrogen (secondary N) is 2. The number of aliphatic imine (C=N–C) groups is 1. The first-order chi connectivity index (χ1) is 10.7. The lowest BCUT2D eigenvalue weighted by atomic mass is 10.1. The first-order valence-corrected chi connectivity index (χ1v) is 7.48. The van der Waals surface area contributed by atoms with Gasteiger partial charge in [-0.2, -0.15) is 0 Å². The fourth-order valence-electron chi connectivity index (χ4n) is 2.31. The molecule has 0 spiro atoms.